The number of carbonyl (C=O) groups excluding carboxylic acids is 1. The van der Waals surface area contributed by atoms with Crippen LogP contribution in [-0.2, 0) is 16.6 Å². The maximum atomic E-state index is 12.0. The average Bonchev–Trinajstić information content (AvgIpc) is 2.97. The van der Waals surface area contributed by atoms with Crippen molar-refractivity contribution >= 4 is 43.2 Å². The van der Waals surface area contributed by atoms with E-state index in [4.69, 9.17) is 0 Å². The Kier molecular flexibility index (Phi) is 5.15. The van der Waals surface area contributed by atoms with Gasteiger partial charge in [0.05, 0.1) is 4.88 Å². The van der Waals surface area contributed by atoms with Crippen molar-refractivity contribution < 1.29 is 13.2 Å². The Labute approximate surface area is 135 Å². The van der Waals surface area contributed by atoms with Crippen molar-refractivity contribution in [1.82, 2.24) is 10.0 Å². The molecule has 0 aliphatic heterocycles. The fraction of sp³-hybridized carbons (Fsp3) is 0.154. The highest BCUT2D eigenvalue weighted by atomic mass is 79.9. The summed E-state index contributed by atoms with van der Waals surface area (Å²) < 4.78 is 26.5. The lowest BCUT2D eigenvalue weighted by molar-refractivity contribution is 0.0955. The topological polar surface area (TPSA) is 75.3 Å². The molecular weight excluding hydrogens is 376 g/mol. The van der Waals surface area contributed by atoms with Gasteiger partial charge in [-0.15, -0.1) is 11.3 Å². The molecule has 1 amide bonds. The number of nitrogens with one attached hydrogen (secondary N) is 2. The number of hydrogen-bond acceptors (Lipinski definition) is 4. The SMILES string of the molecule is CNS(=O)(=O)c1ccc(C(=O)NCc2ccc(Br)cc2)s1. The molecule has 0 saturated heterocycles. The van der Waals surface area contributed by atoms with Gasteiger partial charge in [0.25, 0.3) is 5.91 Å². The summed E-state index contributed by atoms with van der Waals surface area (Å²) in [6.07, 6.45) is 0. The molecule has 0 unspecified atom stereocenters. The van der Waals surface area contributed by atoms with Crippen LogP contribution in [0.2, 0.25) is 0 Å². The summed E-state index contributed by atoms with van der Waals surface area (Å²) in [5, 5.41) is 2.76. The molecule has 2 aromatic rings. The van der Waals surface area contributed by atoms with E-state index in [9.17, 15) is 13.2 Å². The van der Waals surface area contributed by atoms with E-state index in [0.29, 0.717) is 11.4 Å². The van der Waals surface area contributed by atoms with Gasteiger partial charge < -0.3 is 5.32 Å². The molecule has 0 radical (unpaired) electrons. The summed E-state index contributed by atoms with van der Waals surface area (Å²) in [5.74, 6) is -0.291. The first-order valence-corrected chi connectivity index (χ1v) is 9.07. The van der Waals surface area contributed by atoms with E-state index < -0.39 is 10.0 Å². The molecule has 1 aromatic carbocycles. The molecule has 21 heavy (non-hydrogen) atoms. The number of hydrogen-bond donors (Lipinski definition) is 2. The fourth-order valence-electron chi connectivity index (χ4n) is 1.56. The predicted octanol–water partition coefficient (Wildman–Crippen LogP) is 2.35. The number of amides is 1. The Morgan fingerprint density at radius 2 is 1.86 bits per heavy atom. The lowest BCUT2D eigenvalue weighted by Crippen LogP contribution is -2.21. The number of benzene rings is 1. The smallest absolute Gasteiger partial charge is 0.261 e. The molecule has 2 N–H and O–H groups in total. The van der Waals surface area contributed by atoms with Crippen LogP contribution in [-0.4, -0.2) is 21.4 Å². The minimum atomic E-state index is -3.50. The second kappa shape index (κ2) is 6.69. The third-order valence-electron chi connectivity index (χ3n) is 2.71. The fourth-order valence-corrected chi connectivity index (χ4v) is 3.88. The predicted molar refractivity (Wildman–Crippen MR) is 85.9 cm³/mol. The quantitative estimate of drug-likeness (QED) is 0.825. The number of sulfonamides is 1. The maximum Gasteiger partial charge on any atom is 0.261 e. The Balaban J connectivity index is 2.02. The minimum Gasteiger partial charge on any atom is -0.347 e. The van der Waals surface area contributed by atoms with Crippen LogP contribution in [0, 0.1) is 0 Å². The third kappa shape index (κ3) is 4.13. The Morgan fingerprint density at radius 1 is 1.19 bits per heavy atom. The standard InChI is InChI=1S/C13H13BrN2O3S2/c1-15-21(18,19)12-7-6-11(20-12)13(17)16-8-9-2-4-10(14)5-3-9/h2-7,15H,8H2,1H3,(H,16,17). The van der Waals surface area contributed by atoms with Crippen molar-refractivity contribution in [2.75, 3.05) is 7.05 Å². The average molecular weight is 389 g/mol. The highest BCUT2D eigenvalue weighted by molar-refractivity contribution is 9.10. The zero-order chi connectivity index (χ0) is 15.5. The van der Waals surface area contributed by atoms with Crippen molar-refractivity contribution in [3.05, 3.63) is 51.3 Å². The zero-order valence-electron chi connectivity index (χ0n) is 11.1. The van der Waals surface area contributed by atoms with Gasteiger partial charge in [-0.1, -0.05) is 28.1 Å². The van der Waals surface area contributed by atoms with Crippen LogP contribution in [0.1, 0.15) is 15.2 Å². The highest BCUT2D eigenvalue weighted by Crippen LogP contribution is 2.21. The second-order valence-electron chi connectivity index (χ2n) is 4.14. The van der Waals surface area contributed by atoms with Gasteiger partial charge in [-0.3, -0.25) is 4.79 Å². The van der Waals surface area contributed by atoms with Crippen LogP contribution in [0.3, 0.4) is 0 Å². The first-order valence-electron chi connectivity index (χ1n) is 5.98. The van der Waals surface area contributed by atoms with Crippen molar-refractivity contribution in [3.63, 3.8) is 0 Å². The molecule has 0 aliphatic carbocycles. The molecular formula is C13H13BrN2O3S2. The van der Waals surface area contributed by atoms with Crippen molar-refractivity contribution in [2.24, 2.45) is 0 Å². The van der Waals surface area contributed by atoms with E-state index in [1.165, 1.54) is 19.2 Å². The Morgan fingerprint density at radius 3 is 2.48 bits per heavy atom. The normalized spacial score (nSPS) is 11.3. The molecule has 0 fully saturated rings. The van der Waals surface area contributed by atoms with Crippen molar-refractivity contribution in [2.45, 2.75) is 10.8 Å². The Bertz CT molecular complexity index is 739. The molecule has 8 heteroatoms. The largest absolute Gasteiger partial charge is 0.347 e. The monoisotopic (exact) mass is 388 g/mol. The molecule has 0 saturated carbocycles. The summed E-state index contributed by atoms with van der Waals surface area (Å²) in [7, 11) is -2.16. The summed E-state index contributed by atoms with van der Waals surface area (Å²) in [4.78, 5) is 12.4. The first-order chi connectivity index (χ1) is 9.92. The van der Waals surface area contributed by atoms with E-state index in [1.54, 1.807) is 0 Å². The van der Waals surface area contributed by atoms with E-state index in [0.717, 1.165) is 21.4 Å². The molecule has 0 bridgehead atoms. The molecule has 1 aromatic heterocycles. The number of rotatable bonds is 5. The zero-order valence-corrected chi connectivity index (χ0v) is 14.3. The van der Waals surface area contributed by atoms with E-state index >= 15 is 0 Å². The molecule has 0 aliphatic rings. The second-order valence-corrected chi connectivity index (χ2v) is 8.25. The number of carbonyl (C=O) groups is 1. The van der Waals surface area contributed by atoms with Gasteiger partial charge in [-0.25, -0.2) is 13.1 Å². The van der Waals surface area contributed by atoms with Gasteiger partial charge in [0.15, 0.2) is 0 Å². The van der Waals surface area contributed by atoms with Gasteiger partial charge in [0.1, 0.15) is 4.21 Å². The molecule has 0 atom stereocenters. The van der Waals surface area contributed by atoms with Gasteiger partial charge in [0.2, 0.25) is 10.0 Å². The van der Waals surface area contributed by atoms with Crippen LogP contribution in [0.4, 0.5) is 0 Å². The van der Waals surface area contributed by atoms with Crippen LogP contribution in [0.25, 0.3) is 0 Å². The highest BCUT2D eigenvalue weighted by Gasteiger charge is 2.17. The molecule has 112 valence electrons. The Hall–Kier alpha value is -1.22. The molecule has 2 rings (SSSR count). The van der Waals surface area contributed by atoms with Crippen LogP contribution < -0.4 is 10.0 Å². The van der Waals surface area contributed by atoms with E-state index in [-0.39, 0.29) is 10.1 Å². The first kappa shape index (κ1) is 16.2. The summed E-state index contributed by atoms with van der Waals surface area (Å²) >= 11 is 4.28. The number of thiophene rings is 1. The van der Waals surface area contributed by atoms with E-state index in [2.05, 4.69) is 26.0 Å². The van der Waals surface area contributed by atoms with E-state index in [1.807, 2.05) is 24.3 Å². The minimum absolute atomic E-state index is 0.124. The third-order valence-corrected chi connectivity index (χ3v) is 6.22. The lowest BCUT2D eigenvalue weighted by atomic mass is 10.2. The van der Waals surface area contributed by atoms with Crippen LogP contribution in [0.5, 0.6) is 0 Å². The van der Waals surface area contributed by atoms with Crippen molar-refractivity contribution in [3.8, 4) is 0 Å². The summed E-state index contributed by atoms with van der Waals surface area (Å²) in [5.41, 5.74) is 0.964. The van der Waals surface area contributed by atoms with Gasteiger partial charge >= 0.3 is 0 Å². The summed E-state index contributed by atoms with van der Waals surface area (Å²) in [6.45, 7) is 0.387. The summed E-state index contributed by atoms with van der Waals surface area (Å²) in [6, 6.07) is 10.5. The molecule has 5 nitrogen and oxygen atoms in total. The molecule has 0 spiro atoms. The molecule has 1 heterocycles. The lowest BCUT2D eigenvalue weighted by Gasteiger charge is -2.04. The number of halogens is 1. The van der Waals surface area contributed by atoms with Gasteiger partial charge in [-0.05, 0) is 36.9 Å². The van der Waals surface area contributed by atoms with Crippen LogP contribution in [0.15, 0.2) is 45.1 Å². The van der Waals surface area contributed by atoms with Gasteiger partial charge in [0, 0.05) is 11.0 Å². The van der Waals surface area contributed by atoms with Gasteiger partial charge in [-0.2, -0.15) is 0 Å². The maximum absolute atomic E-state index is 12.0. The van der Waals surface area contributed by atoms with Crippen molar-refractivity contribution in [1.29, 1.82) is 0 Å². The van der Waals surface area contributed by atoms with Crippen LogP contribution >= 0.6 is 27.3 Å².